The molecule has 0 radical (unpaired) electrons. The van der Waals surface area contributed by atoms with Crippen LogP contribution >= 0.6 is 0 Å². The van der Waals surface area contributed by atoms with Gasteiger partial charge in [-0.15, -0.1) is 5.10 Å². The Bertz CT molecular complexity index is 2110. The Kier molecular flexibility index (Phi) is 8.16. The van der Waals surface area contributed by atoms with Crippen molar-refractivity contribution in [3.8, 4) is 11.1 Å². The first-order valence-corrected chi connectivity index (χ1v) is 15.2. The van der Waals surface area contributed by atoms with E-state index in [1.54, 1.807) is 18.2 Å². The Labute approximate surface area is 278 Å². The highest BCUT2D eigenvalue weighted by Crippen LogP contribution is 2.47. The second kappa shape index (κ2) is 12.4. The van der Waals surface area contributed by atoms with Crippen molar-refractivity contribution in [1.82, 2.24) is 35.2 Å². The summed E-state index contributed by atoms with van der Waals surface area (Å²) in [5.41, 5.74) is -1.55. The minimum atomic E-state index is -4.56. The highest BCUT2D eigenvalue weighted by atomic mass is 19.4. The maximum absolute atomic E-state index is 16.1. The van der Waals surface area contributed by atoms with Crippen molar-refractivity contribution in [3.05, 3.63) is 114 Å². The summed E-state index contributed by atoms with van der Waals surface area (Å²) in [6.07, 6.45) is -2.37. The fourth-order valence-corrected chi connectivity index (χ4v) is 6.04. The number of halogens is 7. The zero-order valence-electron chi connectivity index (χ0n) is 25.8. The van der Waals surface area contributed by atoms with Gasteiger partial charge in [-0.3, -0.25) is 4.98 Å². The molecule has 7 rings (SSSR count). The molecule has 0 saturated carbocycles. The molecular formula is C33H26F7N9O. The van der Waals surface area contributed by atoms with E-state index in [1.807, 2.05) is 24.3 Å². The van der Waals surface area contributed by atoms with Crippen LogP contribution in [0.15, 0.2) is 85.3 Å². The van der Waals surface area contributed by atoms with Crippen LogP contribution in [0.5, 0.6) is 0 Å². The maximum atomic E-state index is 16.1. The van der Waals surface area contributed by atoms with E-state index >= 15 is 8.78 Å². The molecule has 258 valence electrons. The van der Waals surface area contributed by atoms with Crippen LogP contribution in [0.1, 0.15) is 17.1 Å². The standard InChI is InChI=1S/C33H26F7N9O/c34-22-4-8-25(26(35)15-22)31(50,18-49-19-42-45-46-49)32(36,37)29-10-3-21(17-41-29)20-1-5-23(6-2-20)47-11-13-48(14-12-47)24-7-9-27-28(16-24)44-30(43-27)33(38,39)40/h1-10,15-17,19,50H,11-14,18H2,(H,43,44). The number of fused-ring (bicyclic) bond motifs is 1. The van der Waals surface area contributed by atoms with Crippen LogP contribution in [-0.4, -0.2) is 66.4 Å². The fourth-order valence-electron chi connectivity index (χ4n) is 6.04. The van der Waals surface area contributed by atoms with E-state index < -0.39 is 53.0 Å². The van der Waals surface area contributed by atoms with Gasteiger partial charge in [0.25, 0.3) is 0 Å². The van der Waals surface area contributed by atoms with E-state index in [4.69, 9.17) is 0 Å². The van der Waals surface area contributed by atoms with Gasteiger partial charge in [0.15, 0.2) is 5.60 Å². The van der Waals surface area contributed by atoms with E-state index in [2.05, 4.69) is 40.3 Å². The first-order chi connectivity index (χ1) is 23.8. The molecular weight excluding hydrogens is 671 g/mol. The van der Waals surface area contributed by atoms with Gasteiger partial charge in [0.1, 0.15) is 23.7 Å². The van der Waals surface area contributed by atoms with Gasteiger partial charge in [-0.25, -0.2) is 18.4 Å². The van der Waals surface area contributed by atoms with Gasteiger partial charge in [-0.1, -0.05) is 18.2 Å². The van der Waals surface area contributed by atoms with Crippen LogP contribution in [-0.2, 0) is 24.2 Å². The molecule has 1 aliphatic heterocycles. The van der Waals surface area contributed by atoms with Crippen molar-refractivity contribution in [2.75, 3.05) is 36.0 Å². The molecule has 1 fully saturated rings. The number of tetrazole rings is 1. The number of aromatic amines is 1. The van der Waals surface area contributed by atoms with Crippen molar-refractivity contribution in [1.29, 1.82) is 0 Å². The average Bonchev–Trinajstić information content (AvgIpc) is 3.78. The number of rotatable bonds is 8. The average molecular weight is 698 g/mol. The minimum Gasteiger partial charge on any atom is -0.377 e. The SMILES string of the molecule is OC(Cn1cnnn1)(c1ccc(F)cc1F)C(F)(F)c1ccc(-c2ccc(N3CCN(c4ccc5nc(C(F)(F)F)[nH]c5c4)CC3)cc2)cn1. The maximum Gasteiger partial charge on any atom is 0.449 e. The Morgan fingerprint density at radius 2 is 1.46 bits per heavy atom. The summed E-state index contributed by atoms with van der Waals surface area (Å²) < 4.78 is 101. The second-order valence-corrected chi connectivity index (χ2v) is 11.8. The smallest absolute Gasteiger partial charge is 0.377 e. The molecule has 1 unspecified atom stereocenters. The summed E-state index contributed by atoms with van der Waals surface area (Å²) in [7, 11) is 0. The Balaban J connectivity index is 1.05. The molecule has 0 spiro atoms. The molecule has 0 bridgehead atoms. The van der Waals surface area contributed by atoms with Crippen LogP contribution in [0.3, 0.4) is 0 Å². The van der Waals surface area contributed by atoms with E-state index in [9.17, 15) is 27.1 Å². The number of aliphatic hydroxyl groups is 1. The van der Waals surface area contributed by atoms with Gasteiger partial charge in [0.05, 0.1) is 17.6 Å². The monoisotopic (exact) mass is 697 g/mol. The number of benzene rings is 3. The highest BCUT2D eigenvalue weighted by molar-refractivity contribution is 5.80. The Morgan fingerprint density at radius 1 is 0.780 bits per heavy atom. The summed E-state index contributed by atoms with van der Waals surface area (Å²) in [6, 6.07) is 16.7. The quantitative estimate of drug-likeness (QED) is 0.189. The van der Waals surface area contributed by atoms with Crippen LogP contribution < -0.4 is 9.80 Å². The lowest BCUT2D eigenvalue weighted by Crippen LogP contribution is -2.48. The molecule has 1 saturated heterocycles. The lowest BCUT2D eigenvalue weighted by atomic mass is 9.84. The summed E-state index contributed by atoms with van der Waals surface area (Å²) in [6.45, 7) is 1.56. The molecule has 0 amide bonds. The summed E-state index contributed by atoms with van der Waals surface area (Å²) in [4.78, 5) is 14.1. The number of pyridine rings is 1. The second-order valence-electron chi connectivity index (χ2n) is 11.8. The number of piperazine rings is 1. The van der Waals surface area contributed by atoms with Crippen molar-refractivity contribution >= 4 is 22.4 Å². The number of aromatic nitrogens is 7. The first kappa shape index (κ1) is 32.9. The van der Waals surface area contributed by atoms with Gasteiger partial charge in [-0.05, 0) is 64.5 Å². The molecule has 10 nitrogen and oxygen atoms in total. The first-order valence-electron chi connectivity index (χ1n) is 15.2. The molecule has 3 aromatic heterocycles. The number of imidazole rings is 1. The lowest BCUT2D eigenvalue weighted by molar-refractivity contribution is -0.207. The lowest BCUT2D eigenvalue weighted by Gasteiger charge is -2.37. The van der Waals surface area contributed by atoms with Crippen molar-refractivity contribution in [2.24, 2.45) is 0 Å². The number of nitrogens with zero attached hydrogens (tertiary/aromatic N) is 8. The zero-order chi connectivity index (χ0) is 35.3. The van der Waals surface area contributed by atoms with Gasteiger partial charge < -0.3 is 19.9 Å². The number of hydrogen-bond donors (Lipinski definition) is 2. The molecule has 0 aliphatic carbocycles. The highest BCUT2D eigenvalue weighted by Gasteiger charge is 2.58. The molecule has 2 N–H and O–H groups in total. The molecule has 50 heavy (non-hydrogen) atoms. The van der Waals surface area contributed by atoms with Gasteiger partial charge in [0.2, 0.25) is 5.82 Å². The number of H-pyrrole nitrogens is 1. The van der Waals surface area contributed by atoms with Gasteiger partial charge in [-0.2, -0.15) is 22.0 Å². The Morgan fingerprint density at radius 3 is 2.08 bits per heavy atom. The van der Waals surface area contributed by atoms with E-state index in [1.165, 1.54) is 12.3 Å². The summed E-state index contributed by atoms with van der Waals surface area (Å²) >= 11 is 0. The minimum absolute atomic E-state index is 0.237. The number of anilines is 2. The number of nitrogens with one attached hydrogen (secondary N) is 1. The summed E-state index contributed by atoms with van der Waals surface area (Å²) in [5.74, 6) is -7.60. The number of hydrogen-bond acceptors (Lipinski definition) is 8. The summed E-state index contributed by atoms with van der Waals surface area (Å²) in [5, 5.41) is 21.6. The van der Waals surface area contributed by atoms with E-state index in [0.717, 1.165) is 40.6 Å². The number of alkyl halides is 5. The van der Waals surface area contributed by atoms with Crippen molar-refractivity contribution in [3.63, 3.8) is 0 Å². The predicted molar refractivity (Wildman–Crippen MR) is 167 cm³/mol. The third-order valence-electron chi connectivity index (χ3n) is 8.71. The predicted octanol–water partition coefficient (Wildman–Crippen LogP) is 5.91. The zero-order valence-corrected chi connectivity index (χ0v) is 25.8. The van der Waals surface area contributed by atoms with E-state index in [-0.39, 0.29) is 5.52 Å². The largest absolute Gasteiger partial charge is 0.449 e. The molecule has 4 heterocycles. The van der Waals surface area contributed by atoms with Crippen LogP contribution in [0.2, 0.25) is 0 Å². The van der Waals surface area contributed by atoms with Crippen LogP contribution in [0.25, 0.3) is 22.2 Å². The van der Waals surface area contributed by atoms with Crippen LogP contribution in [0, 0.1) is 11.6 Å². The van der Waals surface area contributed by atoms with E-state index in [0.29, 0.717) is 48.9 Å². The third-order valence-corrected chi connectivity index (χ3v) is 8.71. The van der Waals surface area contributed by atoms with Crippen LogP contribution in [0.4, 0.5) is 42.1 Å². The van der Waals surface area contributed by atoms with Gasteiger partial charge in [0, 0.05) is 60.9 Å². The molecule has 17 heteroatoms. The molecule has 6 aromatic rings. The topological polar surface area (TPSA) is 112 Å². The Hall–Kier alpha value is -5.58. The fraction of sp³-hybridized carbons (Fsp3) is 0.242. The molecule has 3 aromatic carbocycles. The molecule has 1 atom stereocenters. The van der Waals surface area contributed by atoms with Gasteiger partial charge >= 0.3 is 12.1 Å². The van der Waals surface area contributed by atoms with Crippen molar-refractivity contribution in [2.45, 2.75) is 24.2 Å². The third kappa shape index (κ3) is 6.08. The normalized spacial score (nSPS) is 15.4. The molecule has 1 aliphatic rings. The van der Waals surface area contributed by atoms with Crippen molar-refractivity contribution < 1.29 is 35.8 Å².